The van der Waals surface area contributed by atoms with Gasteiger partial charge in [0, 0.05) is 11.8 Å². The van der Waals surface area contributed by atoms with Crippen LogP contribution in [0.3, 0.4) is 0 Å². The maximum Gasteiger partial charge on any atom is 0.147 e. The van der Waals surface area contributed by atoms with Crippen molar-refractivity contribution in [1.82, 2.24) is 9.97 Å². The van der Waals surface area contributed by atoms with E-state index in [-0.39, 0.29) is 11.2 Å². The zero-order valence-electron chi connectivity index (χ0n) is 11.5. The number of nitrogens with zero attached hydrogens (tertiary/aromatic N) is 2. The third kappa shape index (κ3) is 3.36. The SMILES string of the molecule is CC(C)(C)c1nc(Cc2ccccc2F)nc(Cl)c1Br. The molecule has 2 nitrogen and oxygen atoms in total. The van der Waals surface area contributed by atoms with Crippen LogP contribution in [-0.2, 0) is 11.8 Å². The van der Waals surface area contributed by atoms with Gasteiger partial charge in [-0.2, -0.15) is 0 Å². The monoisotopic (exact) mass is 356 g/mol. The third-order valence-corrected chi connectivity index (χ3v) is 4.13. The zero-order chi connectivity index (χ0) is 14.9. The minimum atomic E-state index is -0.257. The quantitative estimate of drug-likeness (QED) is 0.713. The maximum atomic E-state index is 13.7. The summed E-state index contributed by atoms with van der Waals surface area (Å²) in [6, 6.07) is 6.62. The molecule has 106 valence electrons. The van der Waals surface area contributed by atoms with Gasteiger partial charge < -0.3 is 0 Å². The number of hydrogen-bond donors (Lipinski definition) is 0. The zero-order valence-corrected chi connectivity index (χ0v) is 13.9. The highest BCUT2D eigenvalue weighted by molar-refractivity contribution is 9.10. The molecule has 0 fully saturated rings. The first-order chi connectivity index (χ1) is 9.29. The second-order valence-electron chi connectivity index (χ2n) is 5.61. The molecule has 0 radical (unpaired) electrons. The number of benzene rings is 1. The third-order valence-electron chi connectivity index (χ3n) is 2.87. The molecule has 0 aliphatic carbocycles. The number of hydrogen-bond acceptors (Lipinski definition) is 2. The van der Waals surface area contributed by atoms with E-state index >= 15 is 0 Å². The van der Waals surface area contributed by atoms with Crippen molar-refractivity contribution in [3.63, 3.8) is 0 Å². The molecule has 20 heavy (non-hydrogen) atoms. The first kappa shape index (κ1) is 15.4. The predicted molar refractivity (Wildman–Crippen MR) is 82.6 cm³/mol. The lowest BCUT2D eigenvalue weighted by Crippen LogP contribution is -2.17. The van der Waals surface area contributed by atoms with E-state index in [1.807, 2.05) is 20.8 Å². The van der Waals surface area contributed by atoms with E-state index in [1.165, 1.54) is 6.07 Å². The van der Waals surface area contributed by atoms with Crippen molar-refractivity contribution < 1.29 is 4.39 Å². The topological polar surface area (TPSA) is 25.8 Å². The molecule has 1 aromatic carbocycles. The standard InChI is InChI=1S/C15H15BrClFN2/c1-15(2,3)13-12(16)14(17)20-11(19-13)8-9-6-4-5-7-10(9)18/h4-7H,8H2,1-3H3. The van der Waals surface area contributed by atoms with E-state index < -0.39 is 0 Å². The molecule has 0 atom stereocenters. The van der Waals surface area contributed by atoms with E-state index in [0.717, 1.165) is 5.69 Å². The molecule has 1 aromatic heterocycles. The molecule has 0 aliphatic heterocycles. The Morgan fingerprint density at radius 3 is 2.45 bits per heavy atom. The second kappa shape index (κ2) is 5.78. The van der Waals surface area contributed by atoms with Crippen LogP contribution in [0.2, 0.25) is 5.15 Å². The molecule has 0 aliphatic rings. The molecule has 0 unspecified atom stereocenters. The highest BCUT2D eigenvalue weighted by atomic mass is 79.9. The van der Waals surface area contributed by atoms with E-state index in [1.54, 1.807) is 18.2 Å². The number of rotatable bonds is 2. The van der Waals surface area contributed by atoms with E-state index in [2.05, 4.69) is 25.9 Å². The van der Waals surface area contributed by atoms with Crippen LogP contribution in [0.5, 0.6) is 0 Å². The predicted octanol–water partition coefficient (Wildman–Crippen LogP) is 4.92. The Kier molecular flexibility index (Phi) is 4.45. The van der Waals surface area contributed by atoms with Crippen LogP contribution in [0, 0.1) is 5.82 Å². The second-order valence-corrected chi connectivity index (χ2v) is 6.76. The van der Waals surface area contributed by atoms with Crippen molar-refractivity contribution in [3.05, 3.63) is 56.8 Å². The summed E-state index contributed by atoms with van der Waals surface area (Å²) in [6.07, 6.45) is 0.322. The summed E-state index contributed by atoms with van der Waals surface area (Å²) in [6.45, 7) is 6.13. The minimum absolute atomic E-state index is 0.171. The maximum absolute atomic E-state index is 13.7. The highest BCUT2D eigenvalue weighted by Crippen LogP contribution is 2.32. The molecular weight excluding hydrogens is 343 g/mol. The van der Waals surface area contributed by atoms with Crippen LogP contribution < -0.4 is 0 Å². The summed E-state index contributed by atoms with van der Waals surface area (Å²) in [7, 11) is 0. The normalized spacial score (nSPS) is 11.7. The average Bonchev–Trinajstić information content (AvgIpc) is 2.35. The van der Waals surface area contributed by atoms with Gasteiger partial charge in [0.1, 0.15) is 16.8 Å². The molecular formula is C15H15BrClFN2. The molecule has 0 saturated heterocycles. The average molecular weight is 358 g/mol. The summed E-state index contributed by atoms with van der Waals surface area (Å²) < 4.78 is 14.4. The fourth-order valence-electron chi connectivity index (χ4n) is 1.85. The van der Waals surface area contributed by atoms with Gasteiger partial charge in [-0.3, -0.25) is 0 Å². The van der Waals surface area contributed by atoms with E-state index in [4.69, 9.17) is 11.6 Å². The van der Waals surface area contributed by atoms with Crippen molar-refractivity contribution in [2.75, 3.05) is 0 Å². The molecule has 2 aromatic rings. The van der Waals surface area contributed by atoms with Gasteiger partial charge >= 0.3 is 0 Å². The van der Waals surface area contributed by atoms with Crippen LogP contribution in [0.4, 0.5) is 4.39 Å². The van der Waals surface area contributed by atoms with E-state index in [9.17, 15) is 4.39 Å². The fourth-order valence-corrected chi connectivity index (χ4v) is 2.81. The van der Waals surface area contributed by atoms with Gasteiger partial charge in [-0.25, -0.2) is 14.4 Å². The Bertz CT molecular complexity index is 638. The van der Waals surface area contributed by atoms with Crippen LogP contribution in [0.25, 0.3) is 0 Å². The molecule has 0 bridgehead atoms. The van der Waals surface area contributed by atoms with Crippen molar-refractivity contribution in [2.45, 2.75) is 32.6 Å². The smallest absolute Gasteiger partial charge is 0.147 e. The van der Waals surface area contributed by atoms with Gasteiger partial charge in [0.15, 0.2) is 0 Å². The minimum Gasteiger partial charge on any atom is -0.236 e. The summed E-state index contributed by atoms with van der Waals surface area (Å²) in [5, 5.41) is 0.358. The summed E-state index contributed by atoms with van der Waals surface area (Å²) in [5.74, 6) is 0.265. The Morgan fingerprint density at radius 2 is 1.85 bits per heavy atom. The summed E-state index contributed by atoms with van der Waals surface area (Å²) >= 11 is 9.56. The van der Waals surface area contributed by atoms with Crippen LogP contribution in [0.1, 0.15) is 37.9 Å². The summed E-state index contributed by atoms with van der Waals surface area (Å²) in [4.78, 5) is 8.76. The van der Waals surface area contributed by atoms with E-state index in [0.29, 0.717) is 27.4 Å². The molecule has 0 amide bonds. The Morgan fingerprint density at radius 1 is 1.20 bits per heavy atom. The van der Waals surface area contributed by atoms with Gasteiger partial charge in [-0.1, -0.05) is 50.6 Å². The molecule has 2 rings (SSSR count). The molecule has 5 heteroatoms. The van der Waals surface area contributed by atoms with Gasteiger partial charge in [-0.15, -0.1) is 0 Å². The van der Waals surface area contributed by atoms with Crippen molar-refractivity contribution in [1.29, 1.82) is 0 Å². The first-order valence-electron chi connectivity index (χ1n) is 6.25. The Hall–Kier alpha value is -1.00. The lowest BCUT2D eigenvalue weighted by Gasteiger charge is -2.20. The van der Waals surface area contributed by atoms with Crippen LogP contribution >= 0.6 is 27.5 Å². The number of aromatic nitrogens is 2. The fraction of sp³-hybridized carbons (Fsp3) is 0.333. The lowest BCUT2D eigenvalue weighted by atomic mass is 9.92. The first-order valence-corrected chi connectivity index (χ1v) is 7.42. The van der Waals surface area contributed by atoms with Gasteiger partial charge in [0.05, 0.1) is 10.2 Å². The van der Waals surface area contributed by atoms with Crippen LogP contribution in [0.15, 0.2) is 28.7 Å². The molecule has 0 saturated carbocycles. The Labute approximate surface area is 131 Å². The van der Waals surface area contributed by atoms with Crippen molar-refractivity contribution in [3.8, 4) is 0 Å². The van der Waals surface area contributed by atoms with Crippen molar-refractivity contribution in [2.24, 2.45) is 0 Å². The number of halogens is 3. The molecule has 1 heterocycles. The summed E-state index contributed by atoms with van der Waals surface area (Å²) in [5.41, 5.74) is 1.21. The van der Waals surface area contributed by atoms with Gasteiger partial charge in [0.25, 0.3) is 0 Å². The molecule has 0 N–H and O–H groups in total. The highest BCUT2D eigenvalue weighted by Gasteiger charge is 2.22. The van der Waals surface area contributed by atoms with Crippen LogP contribution in [-0.4, -0.2) is 9.97 Å². The largest absolute Gasteiger partial charge is 0.236 e. The van der Waals surface area contributed by atoms with Crippen molar-refractivity contribution >= 4 is 27.5 Å². The van der Waals surface area contributed by atoms with Gasteiger partial charge in [-0.05, 0) is 27.6 Å². The Balaban J connectivity index is 2.44. The van der Waals surface area contributed by atoms with Gasteiger partial charge in [0.2, 0.25) is 0 Å². The molecule has 0 spiro atoms. The lowest BCUT2D eigenvalue weighted by molar-refractivity contribution is 0.558.